The number of hydrogen-bond acceptors (Lipinski definition) is 4. The number of carbonyl (C=O) groups is 1. The van der Waals surface area contributed by atoms with Gasteiger partial charge >= 0.3 is 5.97 Å². The molecule has 1 unspecified atom stereocenters. The standard InChI is InChI=1S/C12H22O4/c1-3-4-5-9-16-12(15)10(2)11(14)7-6-8-13/h11,13-14H,2-9H2,1H3. The highest BCUT2D eigenvalue weighted by molar-refractivity contribution is 5.88. The number of esters is 1. The zero-order valence-electron chi connectivity index (χ0n) is 9.95. The van der Waals surface area contributed by atoms with Crippen LogP contribution in [0.1, 0.15) is 39.0 Å². The van der Waals surface area contributed by atoms with E-state index in [9.17, 15) is 9.90 Å². The molecule has 0 saturated heterocycles. The third-order valence-electron chi connectivity index (χ3n) is 2.28. The van der Waals surface area contributed by atoms with Gasteiger partial charge in [0.25, 0.3) is 0 Å². The van der Waals surface area contributed by atoms with E-state index in [1.807, 2.05) is 0 Å². The molecule has 0 spiro atoms. The van der Waals surface area contributed by atoms with E-state index >= 15 is 0 Å². The van der Waals surface area contributed by atoms with E-state index in [4.69, 9.17) is 9.84 Å². The molecule has 4 nitrogen and oxygen atoms in total. The lowest BCUT2D eigenvalue weighted by Crippen LogP contribution is -2.20. The van der Waals surface area contributed by atoms with Crippen molar-refractivity contribution in [3.8, 4) is 0 Å². The Morgan fingerprint density at radius 2 is 2.06 bits per heavy atom. The number of aliphatic hydroxyl groups excluding tert-OH is 2. The Labute approximate surface area is 96.9 Å². The van der Waals surface area contributed by atoms with Crippen molar-refractivity contribution in [2.45, 2.75) is 45.1 Å². The number of rotatable bonds is 9. The number of hydrogen-bond donors (Lipinski definition) is 2. The van der Waals surface area contributed by atoms with Crippen LogP contribution in [0.5, 0.6) is 0 Å². The minimum Gasteiger partial charge on any atom is -0.462 e. The first-order valence-corrected chi connectivity index (χ1v) is 5.78. The monoisotopic (exact) mass is 230 g/mol. The molecule has 0 aromatic heterocycles. The summed E-state index contributed by atoms with van der Waals surface area (Å²) in [6.45, 7) is 5.94. The molecule has 0 bridgehead atoms. The lowest BCUT2D eigenvalue weighted by Gasteiger charge is -2.12. The summed E-state index contributed by atoms with van der Waals surface area (Å²) in [5.74, 6) is -0.540. The van der Waals surface area contributed by atoms with Gasteiger partial charge in [-0.15, -0.1) is 0 Å². The number of aliphatic hydroxyl groups is 2. The van der Waals surface area contributed by atoms with E-state index in [-0.39, 0.29) is 12.2 Å². The van der Waals surface area contributed by atoms with Crippen LogP contribution < -0.4 is 0 Å². The topological polar surface area (TPSA) is 66.8 Å². The Morgan fingerprint density at radius 3 is 2.62 bits per heavy atom. The van der Waals surface area contributed by atoms with Crippen LogP contribution in [0, 0.1) is 0 Å². The molecule has 0 radical (unpaired) electrons. The second kappa shape index (κ2) is 9.36. The predicted octanol–water partition coefficient (Wildman–Crippen LogP) is 1.41. The second-order valence-electron chi connectivity index (χ2n) is 3.75. The summed E-state index contributed by atoms with van der Waals surface area (Å²) in [5, 5.41) is 18.1. The average Bonchev–Trinajstić information content (AvgIpc) is 2.30. The van der Waals surface area contributed by atoms with Crippen molar-refractivity contribution in [3.05, 3.63) is 12.2 Å². The van der Waals surface area contributed by atoms with Crippen molar-refractivity contribution in [2.75, 3.05) is 13.2 Å². The Bertz CT molecular complexity index is 213. The van der Waals surface area contributed by atoms with Gasteiger partial charge in [-0.2, -0.15) is 0 Å². The average molecular weight is 230 g/mol. The lowest BCUT2D eigenvalue weighted by molar-refractivity contribution is -0.140. The summed E-state index contributed by atoms with van der Waals surface area (Å²) in [7, 11) is 0. The molecule has 16 heavy (non-hydrogen) atoms. The molecular formula is C12H22O4. The molecule has 2 N–H and O–H groups in total. The van der Waals surface area contributed by atoms with Crippen molar-refractivity contribution in [1.29, 1.82) is 0 Å². The third-order valence-corrected chi connectivity index (χ3v) is 2.28. The Kier molecular flexibility index (Phi) is 8.85. The maximum Gasteiger partial charge on any atom is 0.336 e. The fraction of sp³-hybridized carbons (Fsp3) is 0.750. The van der Waals surface area contributed by atoms with Crippen LogP contribution in [0.25, 0.3) is 0 Å². The van der Waals surface area contributed by atoms with Crippen molar-refractivity contribution in [2.24, 2.45) is 0 Å². The number of carbonyl (C=O) groups excluding carboxylic acids is 1. The van der Waals surface area contributed by atoms with E-state index in [0.717, 1.165) is 19.3 Å². The highest BCUT2D eigenvalue weighted by atomic mass is 16.5. The van der Waals surface area contributed by atoms with Gasteiger partial charge < -0.3 is 14.9 Å². The molecule has 0 amide bonds. The van der Waals surface area contributed by atoms with E-state index in [1.54, 1.807) is 0 Å². The third kappa shape index (κ3) is 6.58. The lowest BCUT2D eigenvalue weighted by atomic mass is 10.1. The molecule has 0 aliphatic rings. The molecule has 0 fully saturated rings. The molecule has 0 rings (SSSR count). The highest BCUT2D eigenvalue weighted by Gasteiger charge is 2.17. The van der Waals surface area contributed by atoms with Crippen LogP contribution in [-0.4, -0.2) is 35.5 Å². The van der Waals surface area contributed by atoms with E-state index < -0.39 is 12.1 Å². The SMILES string of the molecule is C=C(C(=O)OCCCCC)C(O)CCCO. The second-order valence-corrected chi connectivity index (χ2v) is 3.75. The first-order valence-electron chi connectivity index (χ1n) is 5.78. The first-order chi connectivity index (χ1) is 7.63. The molecule has 0 heterocycles. The minimum atomic E-state index is -0.911. The molecule has 0 aliphatic carbocycles. The van der Waals surface area contributed by atoms with Gasteiger partial charge in [0.05, 0.1) is 18.3 Å². The zero-order valence-corrected chi connectivity index (χ0v) is 9.95. The summed E-state index contributed by atoms with van der Waals surface area (Å²) in [6.07, 6.45) is 2.79. The molecule has 1 atom stereocenters. The minimum absolute atomic E-state index is 0.00408. The van der Waals surface area contributed by atoms with Crippen LogP contribution in [0.15, 0.2) is 12.2 Å². The Hall–Kier alpha value is -0.870. The van der Waals surface area contributed by atoms with Gasteiger partial charge in [0.1, 0.15) is 0 Å². The zero-order chi connectivity index (χ0) is 12.4. The molecule has 0 aromatic carbocycles. The van der Waals surface area contributed by atoms with Gasteiger partial charge in [0.2, 0.25) is 0 Å². The largest absolute Gasteiger partial charge is 0.462 e. The van der Waals surface area contributed by atoms with Gasteiger partial charge in [-0.25, -0.2) is 4.79 Å². The summed E-state index contributed by atoms with van der Waals surface area (Å²) in [5.41, 5.74) is 0.0740. The fourth-order valence-electron chi connectivity index (χ4n) is 1.20. The normalized spacial score (nSPS) is 12.2. The van der Waals surface area contributed by atoms with Crippen molar-refractivity contribution in [1.82, 2.24) is 0 Å². The van der Waals surface area contributed by atoms with E-state index in [1.165, 1.54) is 0 Å². The maximum atomic E-state index is 11.4. The predicted molar refractivity (Wildman–Crippen MR) is 62.0 cm³/mol. The van der Waals surface area contributed by atoms with Crippen LogP contribution >= 0.6 is 0 Å². The van der Waals surface area contributed by atoms with E-state index in [0.29, 0.717) is 19.4 Å². The number of ether oxygens (including phenoxy) is 1. The van der Waals surface area contributed by atoms with Gasteiger partial charge in [-0.05, 0) is 19.3 Å². The molecule has 94 valence electrons. The molecular weight excluding hydrogens is 208 g/mol. The Morgan fingerprint density at radius 1 is 1.38 bits per heavy atom. The summed E-state index contributed by atoms with van der Waals surface area (Å²) in [4.78, 5) is 11.4. The first kappa shape index (κ1) is 15.1. The van der Waals surface area contributed by atoms with Gasteiger partial charge in [-0.3, -0.25) is 0 Å². The molecule has 0 aliphatic heterocycles. The fourth-order valence-corrected chi connectivity index (χ4v) is 1.20. The summed E-state index contributed by atoms with van der Waals surface area (Å²) < 4.78 is 4.95. The van der Waals surface area contributed by atoms with Crippen molar-refractivity contribution >= 4 is 5.97 Å². The highest BCUT2D eigenvalue weighted by Crippen LogP contribution is 2.09. The van der Waals surface area contributed by atoms with Crippen LogP contribution in [-0.2, 0) is 9.53 Å². The van der Waals surface area contributed by atoms with Crippen LogP contribution in [0.3, 0.4) is 0 Å². The smallest absolute Gasteiger partial charge is 0.336 e. The maximum absolute atomic E-state index is 11.4. The quantitative estimate of drug-likeness (QED) is 0.357. The summed E-state index contributed by atoms with van der Waals surface area (Å²) in [6, 6.07) is 0. The molecule has 0 aromatic rings. The molecule has 0 saturated carbocycles. The van der Waals surface area contributed by atoms with Crippen LogP contribution in [0.2, 0.25) is 0 Å². The van der Waals surface area contributed by atoms with Gasteiger partial charge in [-0.1, -0.05) is 26.3 Å². The van der Waals surface area contributed by atoms with Gasteiger partial charge in [0, 0.05) is 6.61 Å². The Balaban J connectivity index is 3.75. The van der Waals surface area contributed by atoms with Crippen molar-refractivity contribution < 1.29 is 19.7 Å². The van der Waals surface area contributed by atoms with Crippen LogP contribution in [0.4, 0.5) is 0 Å². The van der Waals surface area contributed by atoms with E-state index in [2.05, 4.69) is 13.5 Å². The summed E-state index contributed by atoms with van der Waals surface area (Å²) >= 11 is 0. The number of unbranched alkanes of at least 4 members (excludes halogenated alkanes) is 2. The van der Waals surface area contributed by atoms with Crippen molar-refractivity contribution in [3.63, 3.8) is 0 Å². The molecule has 4 heteroatoms. The van der Waals surface area contributed by atoms with Gasteiger partial charge in [0.15, 0.2) is 0 Å².